The third-order valence-corrected chi connectivity index (χ3v) is 3.05. The van der Waals surface area contributed by atoms with Crippen LogP contribution < -0.4 is 5.32 Å². The second kappa shape index (κ2) is 8.53. The molecule has 0 radical (unpaired) electrons. The van der Waals surface area contributed by atoms with Crippen LogP contribution in [0.5, 0.6) is 0 Å². The fraction of sp³-hybridized carbons (Fsp3) is 0.333. The molecular formula is C15H18BrNO3. The van der Waals surface area contributed by atoms with Crippen LogP contribution in [0.15, 0.2) is 41.4 Å². The first-order valence-electron chi connectivity index (χ1n) is 6.27. The number of amides is 1. The third kappa shape index (κ3) is 6.02. The molecule has 0 unspecified atom stereocenters. The van der Waals surface area contributed by atoms with Crippen molar-refractivity contribution in [2.75, 3.05) is 7.11 Å². The van der Waals surface area contributed by atoms with E-state index >= 15 is 0 Å². The van der Waals surface area contributed by atoms with Crippen LogP contribution in [0.4, 0.5) is 0 Å². The molecule has 0 fully saturated rings. The van der Waals surface area contributed by atoms with Gasteiger partial charge in [-0.25, -0.2) is 4.79 Å². The summed E-state index contributed by atoms with van der Waals surface area (Å²) in [6, 6.07) is 9.02. The van der Waals surface area contributed by atoms with Gasteiger partial charge in [0.2, 0.25) is 5.91 Å². The molecule has 0 aliphatic carbocycles. The number of rotatable bonds is 7. The van der Waals surface area contributed by atoms with Gasteiger partial charge in [-0.2, -0.15) is 0 Å². The van der Waals surface area contributed by atoms with Crippen molar-refractivity contribution >= 4 is 27.8 Å². The van der Waals surface area contributed by atoms with Gasteiger partial charge in [0, 0.05) is 12.8 Å². The molecular weight excluding hydrogens is 322 g/mol. The van der Waals surface area contributed by atoms with Gasteiger partial charge >= 0.3 is 5.97 Å². The lowest BCUT2D eigenvalue weighted by Gasteiger charge is -2.16. The van der Waals surface area contributed by atoms with Crippen molar-refractivity contribution in [3.05, 3.63) is 47.0 Å². The van der Waals surface area contributed by atoms with E-state index in [1.807, 2.05) is 30.3 Å². The number of halogens is 1. The Balaban J connectivity index is 2.49. The van der Waals surface area contributed by atoms with Crippen LogP contribution in [0.2, 0.25) is 0 Å². The molecule has 0 aromatic heterocycles. The monoisotopic (exact) mass is 339 g/mol. The highest BCUT2D eigenvalue weighted by Gasteiger charge is 2.21. The van der Waals surface area contributed by atoms with Crippen molar-refractivity contribution in [2.45, 2.75) is 25.3 Å². The number of ether oxygens (including phenoxy) is 1. The average Bonchev–Trinajstić information content (AvgIpc) is 2.44. The van der Waals surface area contributed by atoms with Crippen molar-refractivity contribution in [1.29, 1.82) is 0 Å². The average molecular weight is 340 g/mol. The molecule has 0 saturated heterocycles. The molecule has 0 heterocycles. The van der Waals surface area contributed by atoms with Crippen LogP contribution in [0.3, 0.4) is 0 Å². The van der Waals surface area contributed by atoms with Crippen molar-refractivity contribution in [3.63, 3.8) is 0 Å². The molecule has 5 heteroatoms. The quantitative estimate of drug-likeness (QED) is 0.777. The first-order valence-corrected chi connectivity index (χ1v) is 7.06. The second-order valence-electron chi connectivity index (χ2n) is 4.35. The van der Waals surface area contributed by atoms with Gasteiger partial charge in [0.05, 0.1) is 7.11 Å². The van der Waals surface area contributed by atoms with Crippen molar-refractivity contribution in [1.82, 2.24) is 5.32 Å². The Morgan fingerprint density at radius 1 is 1.35 bits per heavy atom. The second-order valence-corrected chi connectivity index (χ2v) is 5.47. The van der Waals surface area contributed by atoms with Crippen LogP contribution >= 0.6 is 15.9 Å². The summed E-state index contributed by atoms with van der Waals surface area (Å²) in [6.45, 7) is 3.67. The highest BCUT2D eigenvalue weighted by atomic mass is 79.9. The molecule has 1 aromatic carbocycles. The molecule has 0 aliphatic rings. The maximum atomic E-state index is 11.9. The molecule has 20 heavy (non-hydrogen) atoms. The van der Waals surface area contributed by atoms with E-state index in [-0.39, 0.29) is 5.91 Å². The van der Waals surface area contributed by atoms with Crippen molar-refractivity contribution in [2.24, 2.45) is 0 Å². The summed E-state index contributed by atoms with van der Waals surface area (Å²) in [5.74, 6) is -0.656. The third-order valence-electron chi connectivity index (χ3n) is 2.73. The molecule has 108 valence electrons. The SMILES string of the molecule is C=C(Br)C[C@@H](NC(=O)CCc1ccccc1)C(=O)OC. The lowest BCUT2D eigenvalue weighted by molar-refractivity contribution is -0.145. The van der Waals surface area contributed by atoms with E-state index in [1.165, 1.54) is 7.11 Å². The van der Waals surface area contributed by atoms with E-state index in [1.54, 1.807) is 0 Å². The van der Waals surface area contributed by atoms with Gasteiger partial charge in [0.25, 0.3) is 0 Å². The molecule has 0 spiro atoms. The first-order chi connectivity index (χ1) is 9.52. The highest BCUT2D eigenvalue weighted by molar-refractivity contribution is 9.11. The van der Waals surface area contributed by atoms with Crippen molar-refractivity contribution in [3.8, 4) is 0 Å². The van der Waals surface area contributed by atoms with Gasteiger partial charge in [0.1, 0.15) is 6.04 Å². The maximum Gasteiger partial charge on any atom is 0.328 e. The number of carbonyl (C=O) groups excluding carboxylic acids is 2. The van der Waals surface area contributed by atoms with Crippen LogP contribution in [0, 0.1) is 0 Å². The molecule has 0 saturated carbocycles. The summed E-state index contributed by atoms with van der Waals surface area (Å²) >= 11 is 3.18. The summed E-state index contributed by atoms with van der Waals surface area (Å²) in [7, 11) is 1.29. The fourth-order valence-electron chi connectivity index (χ4n) is 1.73. The number of carbonyl (C=O) groups is 2. The number of benzene rings is 1. The van der Waals surface area contributed by atoms with Crippen molar-refractivity contribution < 1.29 is 14.3 Å². The minimum atomic E-state index is -0.699. The molecule has 0 bridgehead atoms. The summed E-state index contributed by atoms with van der Waals surface area (Å²) in [6.07, 6.45) is 1.27. The highest BCUT2D eigenvalue weighted by Crippen LogP contribution is 2.11. The number of hydrogen-bond acceptors (Lipinski definition) is 3. The summed E-state index contributed by atoms with van der Waals surface area (Å²) < 4.78 is 5.30. The Hall–Kier alpha value is -1.62. The maximum absolute atomic E-state index is 11.9. The summed E-state index contributed by atoms with van der Waals surface area (Å²) in [5.41, 5.74) is 1.09. The van der Waals surface area contributed by atoms with Crippen LogP contribution in [-0.4, -0.2) is 25.0 Å². The predicted molar refractivity (Wildman–Crippen MR) is 81.4 cm³/mol. The lowest BCUT2D eigenvalue weighted by Crippen LogP contribution is -2.41. The standard InChI is InChI=1S/C15H18BrNO3/c1-11(16)10-13(15(19)20-2)17-14(18)9-8-12-6-4-3-5-7-12/h3-7,13H,1,8-10H2,2H3,(H,17,18)/t13-/m1/s1. The van der Waals surface area contributed by atoms with E-state index in [9.17, 15) is 9.59 Å². The van der Waals surface area contributed by atoms with Crippen LogP contribution in [0.25, 0.3) is 0 Å². The Morgan fingerprint density at radius 3 is 2.55 bits per heavy atom. The topological polar surface area (TPSA) is 55.4 Å². The Kier molecular flexibility index (Phi) is 7.01. The summed E-state index contributed by atoms with van der Waals surface area (Å²) in [4.78, 5) is 23.4. The molecule has 1 N–H and O–H groups in total. The zero-order chi connectivity index (χ0) is 15.0. The Morgan fingerprint density at radius 2 is 2.00 bits per heavy atom. The molecule has 1 aromatic rings. The van der Waals surface area contributed by atoms with E-state index in [4.69, 9.17) is 0 Å². The van der Waals surface area contributed by atoms with Crippen LogP contribution in [0.1, 0.15) is 18.4 Å². The number of nitrogens with one attached hydrogen (secondary N) is 1. The van der Waals surface area contributed by atoms with E-state index < -0.39 is 12.0 Å². The van der Waals surface area contributed by atoms with Gasteiger partial charge in [-0.15, -0.1) is 0 Å². The number of methoxy groups -OCH3 is 1. The molecule has 1 atom stereocenters. The molecule has 4 nitrogen and oxygen atoms in total. The van der Waals surface area contributed by atoms with Gasteiger partial charge in [-0.05, 0) is 16.5 Å². The Bertz CT molecular complexity index is 473. The molecule has 1 rings (SSSR count). The van der Waals surface area contributed by atoms with Gasteiger partial charge in [-0.3, -0.25) is 4.79 Å². The molecule has 1 amide bonds. The van der Waals surface area contributed by atoms with Gasteiger partial charge in [0.15, 0.2) is 0 Å². The zero-order valence-corrected chi connectivity index (χ0v) is 13.0. The Labute approximate surface area is 127 Å². The smallest absolute Gasteiger partial charge is 0.328 e. The zero-order valence-electron chi connectivity index (χ0n) is 11.4. The lowest BCUT2D eigenvalue weighted by atomic mass is 10.1. The minimum absolute atomic E-state index is 0.182. The number of esters is 1. The fourth-order valence-corrected chi connectivity index (χ4v) is 2.05. The van der Waals surface area contributed by atoms with Crippen LogP contribution in [-0.2, 0) is 20.7 Å². The minimum Gasteiger partial charge on any atom is -0.467 e. The number of hydrogen-bond donors (Lipinski definition) is 1. The van der Waals surface area contributed by atoms with E-state index in [2.05, 4.69) is 32.6 Å². The first kappa shape index (κ1) is 16.4. The largest absolute Gasteiger partial charge is 0.467 e. The number of aryl methyl sites for hydroxylation is 1. The van der Waals surface area contributed by atoms with E-state index in [0.29, 0.717) is 23.7 Å². The van der Waals surface area contributed by atoms with E-state index in [0.717, 1.165) is 5.56 Å². The van der Waals surface area contributed by atoms with Gasteiger partial charge in [-0.1, -0.05) is 52.8 Å². The normalized spacial score (nSPS) is 11.5. The summed E-state index contributed by atoms with van der Waals surface area (Å²) in [5, 5.41) is 2.66. The molecule has 0 aliphatic heterocycles. The predicted octanol–water partition coefficient (Wildman–Crippen LogP) is 2.58. The van der Waals surface area contributed by atoms with Gasteiger partial charge < -0.3 is 10.1 Å².